The van der Waals surface area contributed by atoms with Crippen LogP contribution in [0.15, 0.2) is 247 Å². The summed E-state index contributed by atoms with van der Waals surface area (Å²) in [7, 11) is 0. The molecule has 0 unspecified atom stereocenters. The first kappa shape index (κ1) is 37.6. The molecule has 14 rings (SSSR count). The summed E-state index contributed by atoms with van der Waals surface area (Å²) in [4.78, 5) is 0. The molecule has 1 nitrogen and oxygen atoms in total. The first-order chi connectivity index (χ1) is 33.3. The quantitative estimate of drug-likeness (QED) is 0.124. The second kappa shape index (κ2) is 14.9. The number of benzene rings is 13. The summed E-state index contributed by atoms with van der Waals surface area (Å²) in [6.45, 7) is 0. The van der Waals surface area contributed by atoms with E-state index < -0.39 is 0 Å². The van der Waals surface area contributed by atoms with Gasteiger partial charge in [0.05, 0.1) is 0 Å². The van der Waals surface area contributed by atoms with Crippen LogP contribution in [0.3, 0.4) is 0 Å². The molecule has 0 aliphatic carbocycles. The summed E-state index contributed by atoms with van der Waals surface area (Å²) in [5.41, 5.74) is 14.0. The zero-order chi connectivity index (χ0) is 44.0. The molecule has 0 spiro atoms. The van der Waals surface area contributed by atoms with E-state index in [1.807, 2.05) is 0 Å². The highest BCUT2D eigenvalue weighted by Crippen LogP contribution is 2.53. The van der Waals surface area contributed by atoms with Crippen molar-refractivity contribution in [3.05, 3.63) is 243 Å². The average molecular weight is 849 g/mol. The summed E-state index contributed by atoms with van der Waals surface area (Å²) in [6, 6.07) is 89.3. The molecule has 0 saturated carbocycles. The predicted octanol–water partition coefficient (Wildman–Crippen LogP) is 18.8. The van der Waals surface area contributed by atoms with Gasteiger partial charge in [-0.15, -0.1) is 0 Å². The number of hydrogen-bond donors (Lipinski definition) is 0. The van der Waals surface area contributed by atoms with Crippen molar-refractivity contribution < 1.29 is 4.42 Å². The summed E-state index contributed by atoms with van der Waals surface area (Å²) in [5, 5.41) is 16.9. The third kappa shape index (κ3) is 5.68. The molecular weight excluding hydrogens is 809 g/mol. The van der Waals surface area contributed by atoms with E-state index in [1.54, 1.807) is 0 Å². The van der Waals surface area contributed by atoms with E-state index in [9.17, 15) is 0 Å². The molecule has 310 valence electrons. The van der Waals surface area contributed by atoms with Gasteiger partial charge in [-0.25, -0.2) is 0 Å². The molecule has 0 fully saturated rings. The van der Waals surface area contributed by atoms with Gasteiger partial charge >= 0.3 is 0 Å². The van der Waals surface area contributed by atoms with E-state index in [1.165, 1.54) is 115 Å². The summed E-state index contributed by atoms with van der Waals surface area (Å²) >= 11 is 0. The van der Waals surface area contributed by atoms with E-state index in [0.717, 1.165) is 27.3 Å². The van der Waals surface area contributed by atoms with Crippen LogP contribution in [0.25, 0.3) is 142 Å². The minimum absolute atomic E-state index is 0.898. The molecule has 0 radical (unpaired) electrons. The topological polar surface area (TPSA) is 13.1 Å². The molecule has 14 aromatic rings. The van der Waals surface area contributed by atoms with Crippen LogP contribution >= 0.6 is 0 Å². The summed E-state index contributed by atoms with van der Waals surface area (Å²) < 4.78 is 6.62. The van der Waals surface area contributed by atoms with Crippen molar-refractivity contribution in [2.75, 3.05) is 0 Å². The predicted molar refractivity (Wildman–Crippen MR) is 286 cm³/mol. The third-order valence-corrected chi connectivity index (χ3v) is 14.2. The highest BCUT2D eigenvalue weighted by Gasteiger charge is 2.26. The number of fused-ring (bicyclic) bond motifs is 11. The Morgan fingerprint density at radius 1 is 0.209 bits per heavy atom. The molecule has 1 heterocycles. The van der Waals surface area contributed by atoms with E-state index in [-0.39, 0.29) is 0 Å². The van der Waals surface area contributed by atoms with Crippen molar-refractivity contribution in [2.24, 2.45) is 0 Å². The van der Waals surface area contributed by atoms with E-state index >= 15 is 0 Å². The summed E-state index contributed by atoms with van der Waals surface area (Å²) in [6.07, 6.45) is 0. The normalized spacial score (nSPS) is 11.9. The smallest absolute Gasteiger partial charge is 0.143 e. The lowest BCUT2D eigenvalue weighted by Gasteiger charge is -2.25. The maximum absolute atomic E-state index is 6.62. The third-order valence-electron chi connectivity index (χ3n) is 14.2. The van der Waals surface area contributed by atoms with Gasteiger partial charge in [-0.2, -0.15) is 0 Å². The number of furan rings is 1. The fourth-order valence-electron chi connectivity index (χ4n) is 11.4. The van der Waals surface area contributed by atoms with E-state index in [4.69, 9.17) is 4.42 Å². The molecule has 0 saturated heterocycles. The lowest BCUT2D eigenvalue weighted by Crippen LogP contribution is -1.97. The van der Waals surface area contributed by atoms with Gasteiger partial charge in [0.1, 0.15) is 11.2 Å². The Morgan fingerprint density at radius 2 is 0.672 bits per heavy atom. The van der Waals surface area contributed by atoms with Crippen molar-refractivity contribution in [1.29, 1.82) is 0 Å². The van der Waals surface area contributed by atoms with E-state index in [2.05, 4.69) is 243 Å². The average Bonchev–Trinajstić information content (AvgIpc) is 3.78. The van der Waals surface area contributed by atoms with Crippen LogP contribution in [0.4, 0.5) is 0 Å². The van der Waals surface area contributed by atoms with Crippen molar-refractivity contribution in [3.8, 4) is 55.6 Å². The van der Waals surface area contributed by atoms with Crippen molar-refractivity contribution in [2.45, 2.75) is 0 Å². The zero-order valence-electron chi connectivity index (χ0n) is 36.5. The number of hydrogen-bond acceptors (Lipinski definition) is 1. The zero-order valence-corrected chi connectivity index (χ0v) is 36.5. The molecule has 0 N–H and O–H groups in total. The van der Waals surface area contributed by atoms with E-state index in [0.29, 0.717) is 0 Å². The maximum atomic E-state index is 6.62. The van der Waals surface area contributed by atoms with Gasteiger partial charge in [0, 0.05) is 16.2 Å². The van der Waals surface area contributed by atoms with Crippen LogP contribution in [0.5, 0.6) is 0 Å². The Kier molecular flexibility index (Phi) is 8.35. The Hall–Kier alpha value is -8.78. The van der Waals surface area contributed by atoms with Crippen LogP contribution in [-0.2, 0) is 0 Å². The van der Waals surface area contributed by atoms with Crippen LogP contribution < -0.4 is 0 Å². The molecule has 0 atom stereocenters. The van der Waals surface area contributed by atoms with Crippen molar-refractivity contribution in [3.63, 3.8) is 0 Å². The second-order valence-electron chi connectivity index (χ2n) is 17.8. The standard InChI is InChI=1S/C66H40O/c1-3-19-41(20-4-1)57-40-59(48-27-11-13-29-50(48)64(57)65-51-30-14-10-26-47(51)46-25-9-12-28-49(46)62(65)43-22-5-2-6-23-43)63-54-33-17-15-31-52(54)61(53-32-16-18-34-55(53)63)44-36-38-60-58(39-44)56-37-35-42-21-7-8-24-45(42)66(56)67-60/h1-40H. The van der Waals surface area contributed by atoms with Gasteiger partial charge < -0.3 is 4.42 Å². The monoisotopic (exact) mass is 848 g/mol. The number of rotatable bonds is 5. The van der Waals surface area contributed by atoms with Crippen molar-refractivity contribution in [1.82, 2.24) is 0 Å². The molecule has 0 amide bonds. The van der Waals surface area contributed by atoms with Gasteiger partial charge in [0.25, 0.3) is 0 Å². The molecular formula is C66H40O. The molecule has 0 aliphatic rings. The molecule has 13 aromatic carbocycles. The molecule has 1 heteroatoms. The SMILES string of the molecule is c1ccc(-c2cc(-c3c4ccccc4c(-c4ccc5oc6c7ccccc7ccc6c5c4)c4ccccc34)c3ccccc3c2-c2c(-c3ccccc3)c3ccccc3c3ccccc23)cc1. The highest BCUT2D eigenvalue weighted by molar-refractivity contribution is 6.29. The van der Waals surface area contributed by atoms with Crippen molar-refractivity contribution >= 4 is 86.6 Å². The Bertz CT molecular complexity index is 4250. The van der Waals surface area contributed by atoms with Gasteiger partial charge in [-0.1, -0.05) is 218 Å². The van der Waals surface area contributed by atoms with Gasteiger partial charge in [0.2, 0.25) is 0 Å². The van der Waals surface area contributed by atoms with Crippen LogP contribution in [0, 0.1) is 0 Å². The molecule has 0 aliphatic heterocycles. The fraction of sp³-hybridized carbons (Fsp3) is 0. The van der Waals surface area contributed by atoms with Gasteiger partial charge in [-0.05, 0) is 139 Å². The fourth-order valence-corrected chi connectivity index (χ4v) is 11.4. The van der Waals surface area contributed by atoms with Crippen LogP contribution in [-0.4, -0.2) is 0 Å². The molecule has 0 bridgehead atoms. The Labute approximate surface area is 387 Å². The Balaban J connectivity index is 1.10. The lowest BCUT2D eigenvalue weighted by atomic mass is 9.78. The van der Waals surface area contributed by atoms with Gasteiger partial charge in [0.15, 0.2) is 0 Å². The molecule has 1 aromatic heterocycles. The second-order valence-corrected chi connectivity index (χ2v) is 17.8. The minimum Gasteiger partial charge on any atom is -0.455 e. The first-order valence-corrected chi connectivity index (χ1v) is 23.2. The Morgan fingerprint density at radius 3 is 1.28 bits per heavy atom. The minimum atomic E-state index is 0.898. The van der Waals surface area contributed by atoms with Crippen LogP contribution in [0.2, 0.25) is 0 Å². The highest BCUT2D eigenvalue weighted by atomic mass is 16.3. The lowest BCUT2D eigenvalue weighted by molar-refractivity contribution is 0.672. The van der Waals surface area contributed by atoms with Crippen LogP contribution in [0.1, 0.15) is 0 Å². The summed E-state index contributed by atoms with van der Waals surface area (Å²) in [5.74, 6) is 0. The van der Waals surface area contributed by atoms with Gasteiger partial charge in [-0.3, -0.25) is 0 Å². The first-order valence-electron chi connectivity index (χ1n) is 23.2. The molecule has 67 heavy (non-hydrogen) atoms. The largest absolute Gasteiger partial charge is 0.455 e. The maximum Gasteiger partial charge on any atom is 0.143 e.